The van der Waals surface area contributed by atoms with Crippen LogP contribution in [-0.2, 0) is 13.0 Å². The largest absolute Gasteiger partial charge is 0.496 e. The molecule has 2 aromatic carbocycles. The number of methoxy groups -OCH3 is 1. The molecule has 8 nitrogen and oxygen atoms in total. The van der Waals surface area contributed by atoms with Crippen LogP contribution in [0.1, 0.15) is 21.6 Å². The Hall–Kier alpha value is -3.81. The Bertz CT molecular complexity index is 1190. The minimum absolute atomic E-state index is 0.0288. The van der Waals surface area contributed by atoms with E-state index in [1.807, 2.05) is 48.2 Å². The van der Waals surface area contributed by atoms with Crippen LogP contribution in [0, 0.1) is 0 Å². The molecule has 1 fully saturated rings. The average Bonchev–Trinajstić information content (AvgIpc) is 2.92. The van der Waals surface area contributed by atoms with E-state index >= 15 is 0 Å². The molecule has 0 unspecified atom stereocenters. The molecule has 0 N–H and O–H groups in total. The first-order chi connectivity index (χ1) is 17.0. The van der Waals surface area contributed by atoms with Crippen LogP contribution in [0.2, 0.25) is 0 Å². The summed E-state index contributed by atoms with van der Waals surface area (Å²) in [6, 6.07) is 17.9. The molecule has 2 aliphatic heterocycles. The average molecular weight is 473 g/mol. The molecule has 0 bridgehead atoms. The van der Waals surface area contributed by atoms with Gasteiger partial charge in [0.15, 0.2) is 0 Å². The van der Waals surface area contributed by atoms with Crippen molar-refractivity contribution < 1.29 is 9.53 Å². The second kappa shape index (κ2) is 9.82. The predicted octanol–water partition coefficient (Wildman–Crippen LogP) is 3.08. The number of carbonyl (C=O) groups excluding carboxylic acids is 1. The molecule has 3 aromatic rings. The number of nitrogens with zero attached hydrogens (tertiary/aromatic N) is 6. The number of hydrogen-bond donors (Lipinski definition) is 0. The number of piperazine rings is 1. The number of ether oxygens (including phenoxy) is 1. The zero-order valence-corrected chi connectivity index (χ0v) is 20.6. The molecule has 3 heterocycles. The Morgan fingerprint density at radius 1 is 0.886 bits per heavy atom. The summed E-state index contributed by atoms with van der Waals surface area (Å²) in [5, 5.41) is 0. The lowest BCUT2D eigenvalue weighted by molar-refractivity contribution is 0.0730. The first kappa shape index (κ1) is 23.0. The van der Waals surface area contributed by atoms with Crippen LogP contribution in [0.15, 0.2) is 54.6 Å². The van der Waals surface area contributed by atoms with Crippen molar-refractivity contribution in [2.24, 2.45) is 0 Å². The Morgan fingerprint density at radius 2 is 1.57 bits per heavy atom. The summed E-state index contributed by atoms with van der Waals surface area (Å²) in [5.41, 5.74) is 3.90. The molecular formula is C27H32N6O2. The normalized spacial score (nSPS) is 15.6. The summed E-state index contributed by atoms with van der Waals surface area (Å²) < 4.78 is 5.42. The fraction of sp³-hybridized carbons (Fsp3) is 0.370. The smallest absolute Gasteiger partial charge is 0.257 e. The maximum absolute atomic E-state index is 13.3. The van der Waals surface area contributed by atoms with Crippen molar-refractivity contribution in [1.29, 1.82) is 0 Å². The fourth-order valence-corrected chi connectivity index (χ4v) is 4.86. The number of hydrogen-bond acceptors (Lipinski definition) is 7. The van der Waals surface area contributed by atoms with E-state index in [4.69, 9.17) is 14.7 Å². The summed E-state index contributed by atoms with van der Waals surface area (Å²) in [5.74, 6) is 2.23. The number of aromatic nitrogens is 2. The van der Waals surface area contributed by atoms with Gasteiger partial charge in [0.25, 0.3) is 5.91 Å². The van der Waals surface area contributed by atoms with Crippen LogP contribution in [0.4, 0.5) is 17.5 Å². The van der Waals surface area contributed by atoms with Crippen LogP contribution in [0.25, 0.3) is 0 Å². The molecule has 0 saturated carbocycles. The lowest BCUT2D eigenvalue weighted by Gasteiger charge is -2.37. The van der Waals surface area contributed by atoms with E-state index in [0.29, 0.717) is 30.8 Å². The van der Waals surface area contributed by atoms with Crippen LogP contribution < -0.4 is 19.4 Å². The summed E-state index contributed by atoms with van der Waals surface area (Å²) in [7, 11) is 5.60. The Balaban J connectivity index is 1.36. The van der Waals surface area contributed by atoms with E-state index in [1.165, 1.54) is 5.69 Å². The monoisotopic (exact) mass is 472 g/mol. The summed E-state index contributed by atoms with van der Waals surface area (Å²) in [4.78, 5) is 31.8. The molecule has 1 amide bonds. The third-order valence-electron chi connectivity index (χ3n) is 6.76. The molecule has 35 heavy (non-hydrogen) atoms. The number of para-hydroxylation sites is 2. The molecule has 1 saturated heterocycles. The summed E-state index contributed by atoms with van der Waals surface area (Å²) in [6.07, 6.45) is 0.705. The fourth-order valence-electron chi connectivity index (χ4n) is 4.86. The van der Waals surface area contributed by atoms with Gasteiger partial charge in [0.1, 0.15) is 11.6 Å². The minimum Gasteiger partial charge on any atom is -0.496 e. The lowest BCUT2D eigenvalue weighted by Crippen LogP contribution is -2.47. The summed E-state index contributed by atoms with van der Waals surface area (Å²) in [6.45, 7) is 4.72. The van der Waals surface area contributed by atoms with Crippen LogP contribution >= 0.6 is 0 Å². The van der Waals surface area contributed by atoms with Crippen LogP contribution in [-0.4, -0.2) is 74.7 Å². The molecule has 0 atom stereocenters. The molecule has 2 aliphatic rings. The van der Waals surface area contributed by atoms with E-state index in [1.54, 1.807) is 7.11 Å². The highest BCUT2D eigenvalue weighted by atomic mass is 16.5. The van der Waals surface area contributed by atoms with E-state index < -0.39 is 0 Å². The van der Waals surface area contributed by atoms with Crippen molar-refractivity contribution in [3.8, 4) is 5.75 Å². The zero-order chi connectivity index (χ0) is 24.4. The van der Waals surface area contributed by atoms with Gasteiger partial charge in [-0.15, -0.1) is 0 Å². The maximum Gasteiger partial charge on any atom is 0.257 e. The van der Waals surface area contributed by atoms with Gasteiger partial charge in [0.05, 0.1) is 24.9 Å². The number of amides is 1. The highest BCUT2D eigenvalue weighted by molar-refractivity contribution is 5.97. The molecule has 182 valence electrons. The van der Waals surface area contributed by atoms with Gasteiger partial charge in [-0.25, -0.2) is 4.98 Å². The third-order valence-corrected chi connectivity index (χ3v) is 6.76. The number of carbonyl (C=O) groups is 1. The standard InChI is InChI=1S/C27H32N6O2/c1-30(2)25-22-19-33(26(34)21-11-7-8-12-24(21)35-3)14-13-23(22)28-27(29-25)32-17-15-31(16-18-32)20-9-5-4-6-10-20/h4-12H,13-19H2,1-3H3. The lowest BCUT2D eigenvalue weighted by atomic mass is 10.0. The van der Waals surface area contributed by atoms with Gasteiger partial charge >= 0.3 is 0 Å². The Morgan fingerprint density at radius 3 is 2.29 bits per heavy atom. The SMILES string of the molecule is COc1ccccc1C(=O)N1CCc2nc(N3CCN(c4ccccc4)CC3)nc(N(C)C)c2C1. The van der Waals surface area contributed by atoms with E-state index in [2.05, 4.69) is 40.1 Å². The highest BCUT2D eigenvalue weighted by Crippen LogP contribution is 2.30. The van der Waals surface area contributed by atoms with E-state index in [-0.39, 0.29) is 5.91 Å². The van der Waals surface area contributed by atoms with Gasteiger partial charge in [-0.3, -0.25) is 4.79 Å². The summed E-state index contributed by atoms with van der Waals surface area (Å²) >= 11 is 0. The first-order valence-corrected chi connectivity index (χ1v) is 12.1. The van der Waals surface area contributed by atoms with Crippen molar-refractivity contribution in [1.82, 2.24) is 14.9 Å². The number of rotatable bonds is 5. The van der Waals surface area contributed by atoms with Crippen LogP contribution in [0.3, 0.4) is 0 Å². The highest BCUT2D eigenvalue weighted by Gasteiger charge is 2.29. The Kier molecular flexibility index (Phi) is 6.44. The van der Waals surface area contributed by atoms with Crippen molar-refractivity contribution in [2.75, 3.05) is 68.6 Å². The maximum atomic E-state index is 13.3. The Labute approximate surface area is 206 Å². The molecular weight excluding hydrogens is 440 g/mol. The molecule has 0 spiro atoms. The van der Waals surface area contributed by atoms with Crippen LogP contribution in [0.5, 0.6) is 5.75 Å². The molecule has 0 radical (unpaired) electrons. The van der Waals surface area contributed by atoms with Crippen molar-refractivity contribution in [3.05, 3.63) is 71.4 Å². The van der Waals surface area contributed by atoms with Gasteiger partial charge < -0.3 is 24.3 Å². The molecule has 8 heteroatoms. The van der Waals surface area contributed by atoms with Gasteiger partial charge in [-0.05, 0) is 24.3 Å². The zero-order valence-electron chi connectivity index (χ0n) is 20.6. The quantitative estimate of drug-likeness (QED) is 0.565. The minimum atomic E-state index is -0.0288. The molecule has 0 aliphatic carbocycles. The first-order valence-electron chi connectivity index (χ1n) is 12.1. The predicted molar refractivity (Wildman–Crippen MR) is 139 cm³/mol. The second-order valence-corrected chi connectivity index (χ2v) is 9.15. The number of benzene rings is 2. The van der Waals surface area contributed by atoms with E-state index in [9.17, 15) is 4.79 Å². The van der Waals surface area contributed by atoms with Gasteiger partial charge in [0.2, 0.25) is 5.95 Å². The molecule has 1 aromatic heterocycles. The third kappa shape index (κ3) is 4.60. The van der Waals surface area contributed by atoms with Gasteiger partial charge in [0, 0.05) is 64.5 Å². The topological polar surface area (TPSA) is 65.0 Å². The second-order valence-electron chi connectivity index (χ2n) is 9.15. The van der Waals surface area contributed by atoms with Crippen molar-refractivity contribution in [2.45, 2.75) is 13.0 Å². The van der Waals surface area contributed by atoms with Gasteiger partial charge in [-0.2, -0.15) is 4.98 Å². The van der Waals surface area contributed by atoms with Crippen molar-refractivity contribution >= 4 is 23.4 Å². The van der Waals surface area contributed by atoms with Gasteiger partial charge in [-0.1, -0.05) is 30.3 Å². The number of fused-ring (bicyclic) bond motifs is 1. The molecule has 5 rings (SSSR count). The number of anilines is 3. The van der Waals surface area contributed by atoms with Crippen molar-refractivity contribution in [3.63, 3.8) is 0 Å². The van der Waals surface area contributed by atoms with E-state index in [0.717, 1.165) is 49.2 Å².